The highest BCUT2D eigenvalue weighted by Gasteiger charge is 2.15. The van der Waals surface area contributed by atoms with Crippen LogP contribution in [0.25, 0.3) is 0 Å². The second kappa shape index (κ2) is 4.49. The number of ether oxygens (including phenoxy) is 1. The number of hydrogen-bond acceptors (Lipinski definition) is 3. The standard InChI is InChI=1S/C8H8Cl2O3S/c1-13-5-6-2-3-7(9)4-8(6)14(10,11)12/h2-4H,5H2,1H3. The molecule has 0 fully saturated rings. The van der Waals surface area contributed by atoms with Crippen LogP contribution < -0.4 is 0 Å². The second-order valence-electron chi connectivity index (χ2n) is 2.62. The molecule has 0 aliphatic rings. The monoisotopic (exact) mass is 254 g/mol. The van der Waals surface area contributed by atoms with Crippen LogP contribution in [0.5, 0.6) is 0 Å². The van der Waals surface area contributed by atoms with Gasteiger partial charge in [-0.2, -0.15) is 0 Å². The lowest BCUT2D eigenvalue weighted by Crippen LogP contribution is -1.99. The summed E-state index contributed by atoms with van der Waals surface area (Å²) in [7, 11) is 2.93. The third-order valence-electron chi connectivity index (χ3n) is 1.59. The van der Waals surface area contributed by atoms with E-state index in [2.05, 4.69) is 0 Å². The molecular formula is C8H8Cl2O3S. The lowest BCUT2D eigenvalue weighted by atomic mass is 10.2. The van der Waals surface area contributed by atoms with Crippen LogP contribution in [0, 0.1) is 0 Å². The maximum Gasteiger partial charge on any atom is 0.261 e. The number of benzene rings is 1. The van der Waals surface area contributed by atoms with Crippen LogP contribution in [0.3, 0.4) is 0 Å². The van der Waals surface area contributed by atoms with Crippen molar-refractivity contribution in [3.63, 3.8) is 0 Å². The fraction of sp³-hybridized carbons (Fsp3) is 0.250. The summed E-state index contributed by atoms with van der Waals surface area (Å²) in [5.74, 6) is 0. The molecule has 3 nitrogen and oxygen atoms in total. The van der Waals surface area contributed by atoms with Gasteiger partial charge >= 0.3 is 0 Å². The summed E-state index contributed by atoms with van der Waals surface area (Å²) in [6.07, 6.45) is 0. The van der Waals surface area contributed by atoms with Gasteiger partial charge in [-0.25, -0.2) is 8.42 Å². The van der Waals surface area contributed by atoms with E-state index in [4.69, 9.17) is 27.0 Å². The Morgan fingerprint density at radius 2 is 2.07 bits per heavy atom. The van der Waals surface area contributed by atoms with Crippen molar-refractivity contribution in [3.05, 3.63) is 28.8 Å². The summed E-state index contributed by atoms with van der Waals surface area (Å²) < 4.78 is 27.1. The lowest BCUT2D eigenvalue weighted by molar-refractivity contribution is 0.182. The highest BCUT2D eigenvalue weighted by molar-refractivity contribution is 8.13. The normalized spacial score (nSPS) is 11.6. The molecule has 0 aromatic heterocycles. The van der Waals surface area contributed by atoms with Crippen molar-refractivity contribution in [3.8, 4) is 0 Å². The van der Waals surface area contributed by atoms with Crippen molar-refractivity contribution in [1.82, 2.24) is 0 Å². The Morgan fingerprint density at radius 1 is 1.43 bits per heavy atom. The van der Waals surface area contributed by atoms with Crippen LogP contribution in [0.2, 0.25) is 5.02 Å². The summed E-state index contributed by atoms with van der Waals surface area (Å²) in [5.41, 5.74) is 0.493. The van der Waals surface area contributed by atoms with Crippen molar-refractivity contribution in [2.75, 3.05) is 7.11 Å². The van der Waals surface area contributed by atoms with Gasteiger partial charge in [0.05, 0.1) is 11.5 Å². The van der Waals surface area contributed by atoms with E-state index in [1.807, 2.05) is 0 Å². The van der Waals surface area contributed by atoms with Crippen molar-refractivity contribution >= 4 is 31.3 Å². The Kier molecular flexibility index (Phi) is 3.78. The van der Waals surface area contributed by atoms with Gasteiger partial charge < -0.3 is 4.74 Å². The molecule has 0 heterocycles. The van der Waals surface area contributed by atoms with Crippen LogP contribution in [0.15, 0.2) is 23.1 Å². The topological polar surface area (TPSA) is 43.4 Å². The van der Waals surface area contributed by atoms with Gasteiger partial charge in [0.2, 0.25) is 0 Å². The first-order valence-corrected chi connectivity index (χ1v) is 6.36. The van der Waals surface area contributed by atoms with E-state index in [0.29, 0.717) is 10.6 Å². The zero-order chi connectivity index (χ0) is 10.8. The van der Waals surface area contributed by atoms with Crippen LogP contribution in [-0.2, 0) is 20.4 Å². The minimum atomic E-state index is -3.77. The first-order chi connectivity index (χ1) is 6.45. The van der Waals surface area contributed by atoms with Crippen molar-refractivity contribution in [1.29, 1.82) is 0 Å². The van der Waals surface area contributed by atoms with E-state index in [1.165, 1.54) is 13.2 Å². The Morgan fingerprint density at radius 3 is 2.57 bits per heavy atom. The van der Waals surface area contributed by atoms with Gasteiger partial charge in [-0.3, -0.25) is 0 Å². The molecule has 0 saturated carbocycles. The van der Waals surface area contributed by atoms with E-state index < -0.39 is 9.05 Å². The molecule has 1 rings (SSSR count). The first kappa shape index (κ1) is 11.8. The SMILES string of the molecule is COCc1ccc(Cl)cc1S(=O)(=O)Cl. The van der Waals surface area contributed by atoms with Crippen LogP contribution in [0.1, 0.15) is 5.56 Å². The molecule has 78 valence electrons. The summed E-state index contributed by atoms with van der Waals surface area (Å²) in [4.78, 5) is -0.00600. The average molecular weight is 255 g/mol. The van der Waals surface area contributed by atoms with E-state index >= 15 is 0 Å². The number of hydrogen-bond donors (Lipinski definition) is 0. The minimum Gasteiger partial charge on any atom is -0.380 e. The maximum absolute atomic E-state index is 11.1. The largest absolute Gasteiger partial charge is 0.380 e. The van der Waals surface area contributed by atoms with Crippen LogP contribution >= 0.6 is 22.3 Å². The van der Waals surface area contributed by atoms with Crippen molar-refractivity contribution in [2.24, 2.45) is 0 Å². The smallest absolute Gasteiger partial charge is 0.261 e. The van der Waals surface area contributed by atoms with E-state index in [0.717, 1.165) is 0 Å². The van der Waals surface area contributed by atoms with Gasteiger partial charge in [0, 0.05) is 22.8 Å². The number of halogens is 2. The average Bonchev–Trinajstić information content (AvgIpc) is 2.07. The Bertz CT molecular complexity index is 428. The van der Waals surface area contributed by atoms with Gasteiger partial charge in [0.25, 0.3) is 9.05 Å². The summed E-state index contributed by atoms with van der Waals surface area (Å²) in [6, 6.07) is 4.46. The third-order valence-corrected chi connectivity index (χ3v) is 3.23. The zero-order valence-electron chi connectivity index (χ0n) is 7.33. The molecule has 6 heteroatoms. The lowest BCUT2D eigenvalue weighted by Gasteiger charge is -2.05. The van der Waals surface area contributed by atoms with Gasteiger partial charge in [0.15, 0.2) is 0 Å². The molecule has 0 saturated heterocycles. The molecular weight excluding hydrogens is 247 g/mol. The quantitative estimate of drug-likeness (QED) is 0.779. The van der Waals surface area contributed by atoms with E-state index in [-0.39, 0.29) is 11.5 Å². The molecule has 0 amide bonds. The molecule has 0 atom stereocenters. The Balaban J connectivity index is 3.30. The molecule has 0 aliphatic carbocycles. The zero-order valence-corrected chi connectivity index (χ0v) is 9.66. The summed E-state index contributed by atoms with van der Waals surface area (Å²) in [6.45, 7) is 0.179. The molecule has 0 spiro atoms. The number of rotatable bonds is 3. The van der Waals surface area contributed by atoms with Crippen molar-refractivity contribution < 1.29 is 13.2 Å². The molecule has 14 heavy (non-hydrogen) atoms. The van der Waals surface area contributed by atoms with Gasteiger partial charge in [-0.05, 0) is 17.7 Å². The molecule has 1 aromatic carbocycles. The fourth-order valence-corrected chi connectivity index (χ4v) is 2.41. The minimum absolute atomic E-state index is 0.00600. The Labute approximate surface area is 92.0 Å². The van der Waals surface area contributed by atoms with Gasteiger partial charge in [-0.15, -0.1) is 0 Å². The van der Waals surface area contributed by atoms with E-state index in [1.54, 1.807) is 12.1 Å². The fourth-order valence-electron chi connectivity index (χ4n) is 1.03. The Hall–Kier alpha value is -0.290. The first-order valence-electron chi connectivity index (χ1n) is 3.67. The van der Waals surface area contributed by atoms with Gasteiger partial charge in [-0.1, -0.05) is 17.7 Å². The van der Waals surface area contributed by atoms with Gasteiger partial charge in [0.1, 0.15) is 0 Å². The van der Waals surface area contributed by atoms with Crippen LogP contribution in [-0.4, -0.2) is 15.5 Å². The molecule has 0 radical (unpaired) electrons. The predicted molar refractivity (Wildman–Crippen MR) is 55.2 cm³/mol. The van der Waals surface area contributed by atoms with E-state index in [9.17, 15) is 8.42 Å². The van der Waals surface area contributed by atoms with Crippen LogP contribution in [0.4, 0.5) is 0 Å². The highest BCUT2D eigenvalue weighted by Crippen LogP contribution is 2.24. The molecule has 1 aromatic rings. The predicted octanol–water partition coefficient (Wildman–Crippen LogP) is 2.41. The summed E-state index contributed by atoms with van der Waals surface area (Å²) >= 11 is 5.66. The highest BCUT2D eigenvalue weighted by atomic mass is 35.7. The molecule has 0 N–H and O–H groups in total. The second-order valence-corrected chi connectivity index (χ2v) is 5.59. The number of methoxy groups -OCH3 is 1. The summed E-state index contributed by atoms with van der Waals surface area (Å²) in [5, 5.41) is 0.323. The molecule has 0 bridgehead atoms. The van der Waals surface area contributed by atoms with Crippen molar-refractivity contribution in [2.45, 2.75) is 11.5 Å². The molecule has 0 aliphatic heterocycles. The third kappa shape index (κ3) is 2.85. The molecule has 0 unspecified atom stereocenters. The maximum atomic E-state index is 11.1.